The number of ether oxygens (including phenoxy) is 1. The van der Waals surface area contributed by atoms with Crippen LogP contribution in [0.1, 0.15) is 27.2 Å². The second-order valence-electron chi connectivity index (χ2n) is 5.94. The van der Waals surface area contributed by atoms with Gasteiger partial charge in [-0.15, -0.1) is 0 Å². The summed E-state index contributed by atoms with van der Waals surface area (Å²) in [6.07, 6.45) is -0.706. The fourth-order valence-corrected chi connectivity index (χ4v) is 2.19. The SMILES string of the molecule is CC(C)(C)OC(=O)N1CC(N2CC(O)CC2=O)C1. The molecule has 2 amide bonds. The summed E-state index contributed by atoms with van der Waals surface area (Å²) in [6, 6.07) is 0.0298. The van der Waals surface area contributed by atoms with Crippen molar-refractivity contribution in [3.8, 4) is 0 Å². The standard InChI is InChI=1S/C12H20N2O4/c1-12(2,3)18-11(17)13-5-8(6-13)14-7-9(15)4-10(14)16/h8-9,15H,4-7H2,1-3H3. The molecule has 2 aliphatic heterocycles. The Bertz CT molecular complexity index is 358. The Kier molecular flexibility index (Phi) is 3.23. The number of likely N-dealkylation sites (tertiary alicyclic amines) is 2. The van der Waals surface area contributed by atoms with E-state index in [0.717, 1.165) is 0 Å². The summed E-state index contributed by atoms with van der Waals surface area (Å²) >= 11 is 0. The topological polar surface area (TPSA) is 70.1 Å². The van der Waals surface area contributed by atoms with Crippen molar-refractivity contribution in [2.24, 2.45) is 0 Å². The summed E-state index contributed by atoms with van der Waals surface area (Å²) in [5, 5.41) is 9.40. The molecule has 6 heteroatoms. The zero-order chi connectivity index (χ0) is 13.5. The van der Waals surface area contributed by atoms with Crippen LogP contribution >= 0.6 is 0 Å². The fraction of sp³-hybridized carbons (Fsp3) is 0.833. The van der Waals surface area contributed by atoms with Crippen LogP contribution in [0.5, 0.6) is 0 Å². The highest BCUT2D eigenvalue weighted by atomic mass is 16.6. The number of nitrogens with zero attached hydrogens (tertiary/aromatic N) is 2. The predicted octanol–water partition coefficient (Wildman–Crippen LogP) is 0.199. The quantitative estimate of drug-likeness (QED) is 0.727. The average molecular weight is 256 g/mol. The van der Waals surface area contributed by atoms with Gasteiger partial charge in [-0.2, -0.15) is 0 Å². The normalized spacial score (nSPS) is 25.3. The Hall–Kier alpha value is -1.30. The third-order valence-corrected chi connectivity index (χ3v) is 3.09. The maximum Gasteiger partial charge on any atom is 0.410 e. The number of β-amino-alcohol motifs (C(OH)–C–C–N with tert-alkyl or cyclic N) is 1. The minimum absolute atomic E-state index is 0.0298. The van der Waals surface area contributed by atoms with Gasteiger partial charge >= 0.3 is 6.09 Å². The van der Waals surface area contributed by atoms with Crippen LogP contribution in [-0.4, -0.2) is 64.3 Å². The maximum atomic E-state index is 11.7. The van der Waals surface area contributed by atoms with Crippen molar-refractivity contribution in [3.63, 3.8) is 0 Å². The highest BCUT2D eigenvalue weighted by molar-refractivity contribution is 5.80. The molecule has 6 nitrogen and oxygen atoms in total. The molecule has 0 aromatic carbocycles. The molecule has 102 valence electrons. The Morgan fingerprint density at radius 1 is 1.33 bits per heavy atom. The lowest BCUT2D eigenvalue weighted by atomic mass is 10.1. The molecule has 0 spiro atoms. The average Bonchev–Trinajstić information content (AvgIpc) is 2.39. The monoisotopic (exact) mass is 256 g/mol. The highest BCUT2D eigenvalue weighted by Crippen LogP contribution is 2.23. The van der Waals surface area contributed by atoms with Gasteiger partial charge in [-0.1, -0.05) is 0 Å². The smallest absolute Gasteiger partial charge is 0.410 e. The van der Waals surface area contributed by atoms with Crippen molar-refractivity contribution in [3.05, 3.63) is 0 Å². The Balaban J connectivity index is 1.80. The second-order valence-corrected chi connectivity index (χ2v) is 5.94. The number of hydrogen-bond acceptors (Lipinski definition) is 4. The molecule has 2 fully saturated rings. The summed E-state index contributed by atoms with van der Waals surface area (Å²) in [5.74, 6) is -0.0312. The van der Waals surface area contributed by atoms with Crippen LogP contribution in [0, 0.1) is 0 Å². The van der Waals surface area contributed by atoms with Crippen molar-refractivity contribution in [1.82, 2.24) is 9.80 Å². The lowest BCUT2D eigenvalue weighted by Crippen LogP contribution is -2.62. The number of aliphatic hydroxyl groups is 1. The Morgan fingerprint density at radius 2 is 1.94 bits per heavy atom. The van der Waals surface area contributed by atoms with E-state index in [1.54, 1.807) is 9.80 Å². The molecule has 1 atom stereocenters. The first-order chi connectivity index (χ1) is 8.26. The van der Waals surface area contributed by atoms with Gasteiger partial charge in [0.1, 0.15) is 5.60 Å². The molecule has 2 heterocycles. The van der Waals surface area contributed by atoms with Crippen molar-refractivity contribution >= 4 is 12.0 Å². The minimum atomic E-state index is -0.562. The molecule has 2 rings (SSSR count). The third kappa shape index (κ3) is 2.75. The van der Waals surface area contributed by atoms with E-state index in [-0.39, 0.29) is 24.5 Å². The molecule has 0 saturated carbocycles. The first-order valence-corrected chi connectivity index (χ1v) is 6.22. The molecule has 1 unspecified atom stereocenters. The maximum absolute atomic E-state index is 11.7. The molecule has 0 aromatic heterocycles. The number of carbonyl (C=O) groups is 2. The molecule has 0 aliphatic carbocycles. The van der Waals surface area contributed by atoms with Crippen LogP contribution in [0.3, 0.4) is 0 Å². The lowest BCUT2D eigenvalue weighted by Gasteiger charge is -2.43. The number of carbonyl (C=O) groups excluding carboxylic acids is 2. The second kappa shape index (κ2) is 4.42. The van der Waals surface area contributed by atoms with Crippen molar-refractivity contribution in [1.29, 1.82) is 0 Å². The van der Waals surface area contributed by atoms with Gasteiger partial charge in [0.15, 0.2) is 0 Å². The molecule has 0 bridgehead atoms. The predicted molar refractivity (Wildman–Crippen MR) is 63.9 cm³/mol. The largest absolute Gasteiger partial charge is 0.444 e. The van der Waals surface area contributed by atoms with E-state index >= 15 is 0 Å². The van der Waals surface area contributed by atoms with E-state index in [0.29, 0.717) is 19.6 Å². The lowest BCUT2D eigenvalue weighted by molar-refractivity contribution is -0.132. The van der Waals surface area contributed by atoms with Crippen molar-refractivity contribution < 1.29 is 19.4 Å². The molecular formula is C12H20N2O4. The van der Waals surface area contributed by atoms with E-state index in [2.05, 4.69) is 0 Å². The van der Waals surface area contributed by atoms with Gasteiger partial charge in [0.25, 0.3) is 0 Å². The van der Waals surface area contributed by atoms with E-state index in [1.165, 1.54) is 0 Å². The van der Waals surface area contributed by atoms with Gasteiger partial charge in [0.05, 0.1) is 18.6 Å². The zero-order valence-corrected chi connectivity index (χ0v) is 11.0. The third-order valence-electron chi connectivity index (χ3n) is 3.09. The molecular weight excluding hydrogens is 236 g/mol. The van der Waals surface area contributed by atoms with Crippen LogP contribution in [0.2, 0.25) is 0 Å². The highest BCUT2D eigenvalue weighted by Gasteiger charge is 2.42. The molecule has 2 aliphatic rings. The Morgan fingerprint density at radius 3 is 2.39 bits per heavy atom. The fourth-order valence-electron chi connectivity index (χ4n) is 2.19. The zero-order valence-electron chi connectivity index (χ0n) is 11.0. The summed E-state index contributed by atoms with van der Waals surface area (Å²) in [5.41, 5.74) is -0.498. The van der Waals surface area contributed by atoms with Crippen molar-refractivity contribution in [2.75, 3.05) is 19.6 Å². The minimum Gasteiger partial charge on any atom is -0.444 e. The number of rotatable bonds is 1. The van der Waals surface area contributed by atoms with E-state index < -0.39 is 11.7 Å². The summed E-state index contributed by atoms with van der Waals surface area (Å²) in [4.78, 5) is 26.5. The van der Waals surface area contributed by atoms with Crippen LogP contribution in [0.4, 0.5) is 4.79 Å². The molecule has 2 saturated heterocycles. The van der Waals surface area contributed by atoms with Crippen LogP contribution in [0.25, 0.3) is 0 Å². The summed E-state index contributed by atoms with van der Waals surface area (Å²) < 4.78 is 5.23. The van der Waals surface area contributed by atoms with Crippen molar-refractivity contribution in [2.45, 2.75) is 44.9 Å². The number of aliphatic hydroxyl groups excluding tert-OH is 1. The van der Waals surface area contributed by atoms with E-state index in [4.69, 9.17) is 4.74 Å². The van der Waals surface area contributed by atoms with Gasteiger partial charge in [-0.05, 0) is 20.8 Å². The number of hydrogen-bond donors (Lipinski definition) is 1. The molecule has 1 N–H and O–H groups in total. The van der Waals surface area contributed by atoms with Crippen LogP contribution in [-0.2, 0) is 9.53 Å². The first-order valence-electron chi connectivity index (χ1n) is 6.22. The van der Waals surface area contributed by atoms with E-state index in [9.17, 15) is 14.7 Å². The molecule has 0 aromatic rings. The molecule has 0 radical (unpaired) electrons. The Labute approximate surface area is 106 Å². The number of amides is 2. The van der Waals surface area contributed by atoms with Crippen LogP contribution < -0.4 is 0 Å². The summed E-state index contributed by atoms with van der Waals surface area (Å²) in [7, 11) is 0. The first kappa shape index (κ1) is 13.1. The van der Waals surface area contributed by atoms with Gasteiger partial charge < -0.3 is 19.6 Å². The summed E-state index contributed by atoms with van der Waals surface area (Å²) in [6.45, 7) is 6.83. The van der Waals surface area contributed by atoms with Gasteiger partial charge in [0.2, 0.25) is 5.91 Å². The van der Waals surface area contributed by atoms with Gasteiger partial charge in [-0.3, -0.25) is 4.79 Å². The van der Waals surface area contributed by atoms with E-state index in [1.807, 2.05) is 20.8 Å². The van der Waals surface area contributed by atoms with Crippen LogP contribution in [0.15, 0.2) is 0 Å². The van der Waals surface area contributed by atoms with Gasteiger partial charge in [0, 0.05) is 19.6 Å². The van der Waals surface area contributed by atoms with Gasteiger partial charge in [-0.25, -0.2) is 4.79 Å². The molecule has 18 heavy (non-hydrogen) atoms.